The summed E-state index contributed by atoms with van der Waals surface area (Å²) in [5.74, 6) is 0.473. The van der Waals surface area contributed by atoms with Crippen LogP contribution in [0.3, 0.4) is 0 Å². The highest BCUT2D eigenvalue weighted by molar-refractivity contribution is 6.04. The fourth-order valence-corrected chi connectivity index (χ4v) is 3.74. The van der Waals surface area contributed by atoms with Crippen LogP contribution in [0.25, 0.3) is 0 Å². The fraction of sp³-hybridized carbons (Fsp3) is 0.333. The minimum absolute atomic E-state index is 0.100. The number of piperidine rings is 1. The number of nitrogens with zero attached hydrogens (tertiary/aromatic N) is 1. The molecule has 140 valence electrons. The molecule has 0 radical (unpaired) electrons. The molecule has 1 saturated heterocycles. The molecule has 27 heavy (non-hydrogen) atoms. The van der Waals surface area contributed by atoms with Crippen LogP contribution in [0, 0.1) is 0 Å². The summed E-state index contributed by atoms with van der Waals surface area (Å²) in [6.45, 7) is 1.12. The molecular weight excluding hydrogens is 344 g/mol. The fourth-order valence-electron chi connectivity index (χ4n) is 3.74. The molecule has 0 aromatic heterocycles. The Morgan fingerprint density at radius 3 is 2.52 bits per heavy atom. The smallest absolute Gasteiger partial charge is 0.410 e. The van der Waals surface area contributed by atoms with E-state index in [-0.39, 0.29) is 18.5 Å². The van der Waals surface area contributed by atoms with Crippen LogP contribution in [0.2, 0.25) is 0 Å². The third kappa shape index (κ3) is 3.28. The first-order valence-electron chi connectivity index (χ1n) is 9.12. The van der Waals surface area contributed by atoms with Crippen LogP contribution in [-0.4, -0.2) is 41.5 Å². The molecule has 2 aliphatic heterocycles. The number of carbonyl (C=O) groups is 2. The van der Waals surface area contributed by atoms with Crippen LogP contribution in [0.5, 0.6) is 5.75 Å². The van der Waals surface area contributed by atoms with E-state index in [1.807, 2.05) is 36.4 Å². The number of likely N-dealkylation sites (tertiary alicyclic amines) is 1. The van der Waals surface area contributed by atoms with Gasteiger partial charge in [0.2, 0.25) is 0 Å². The number of ether oxygens (including phenoxy) is 2. The van der Waals surface area contributed by atoms with Crippen molar-refractivity contribution in [3.05, 3.63) is 65.7 Å². The largest absolute Gasteiger partial charge is 0.484 e. The standard InChI is InChI=1S/C21H22N2O4/c22-19-18(24)16-8-4-5-9-17(16)27-21(19)10-12-23(13-11-21)20(25)26-14-15-6-2-1-3-7-15/h1-9,19H,10-14,22H2. The van der Waals surface area contributed by atoms with Gasteiger partial charge in [0.1, 0.15) is 24.0 Å². The predicted molar refractivity (Wildman–Crippen MR) is 99.5 cm³/mol. The van der Waals surface area contributed by atoms with E-state index in [1.165, 1.54) is 0 Å². The Hall–Kier alpha value is -2.86. The maximum atomic E-state index is 12.7. The van der Waals surface area contributed by atoms with E-state index in [9.17, 15) is 9.59 Å². The van der Waals surface area contributed by atoms with Gasteiger partial charge in [-0.3, -0.25) is 4.79 Å². The average Bonchev–Trinajstić information content (AvgIpc) is 2.72. The van der Waals surface area contributed by atoms with Crippen LogP contribution in [0.4, 0.5) is 4.79 Å². The van der Waals surface area contributed by atoms with Crippen molar-refractivity contribution >= 4 is 11.9 Å². The lowest BCUT2D eigenvalue weighted by Gasteiger charge is -2.46. The van der Waals surface area contributed by atoms with Crippen molar-refractivity contribution < 1.29 is 19.1 Å². The first kappa shape index (κ1) is 17.5. The molecule has 0 saturated carbocycles. The highest BCUT2D eigenvalue weighted by Gasteiger charge is 2.50. The molecule has 1 fully saturated rings. The number of benzene rings is 2. The van der Waals surface area contributed by atoms with Crippen molar-refractivity contribution in [2.24, 2.45) is 5.73 Å². The molecule has 2 heterocycles. The molecule has 2 aromatic rings. The Balaban J connectivity index is 1.40. The van der Waals surface area contributed by atoms with Crippen LogP contribution < -0.4 is 10.5 Å². The quantitative estimate of drug-likeness (QED) is 0.884. The minimum Gasteiger partial charge on any atom is -0.484 e. The zero-order chi connectivity index (χ0) is 18.9. The number of ketones is 1. The highest BCUT2D eigenvalue weighted by atomic mass is 16.6. The number of fused-ring (bicyclic) bond motifs is 1. The summed E-state index contributed by atoms with van der Waals surface area (Å²) < 4.78 is 11.6. The van der Waals surface area contributed by atoms with Gasteiger partial charge in [0.15, 0.2) is 5.78 Å². The molecule has 4 rings (SSSR count). The van der Waals surface area contributed by atoms with Crippen LogP contribution in [0.1, 0.15) is 28.8 Å². The molecule has 0 bridgehead atoms. The summed E-state index contributed by atoms with van der Waals surface area (Å²) in [5.41, 5.74) is 6.96. The average molecular weight is 366 g/mol. The lowest BCUT2D eigenvalue weighted by atomic mass is 9.78. The monoisotopic (exact) mass is 366 g/mol. The van der Waals surface area contributed by atoms with Gasteiger partial charge in [0.05, 0.1) is 5.56 Å². The molecule has 1 atom stereocenters. The maximum absolute atomic E-state index is 12.7. The summed E-state index contributed by atoms with van der Waals surface area (Å²) >= 11 is 0. The van der Waals surface area contributed by atoms with Gasteiger partial charge in [-0.25, -0.2) is 4.79 Å². The molecule has 1 unspecified atom stereocenters. The number of nitrogens with two attached hydrogens (primary N) is 1. The number of hydrogen-bond donors (Lipinski definition) is 1. The molecule has 2 aromatic carbocycles. The zero-order valence-electron chi connectivity index (χ0n) is 15.0. The first-order valence-corrected chi connectivity index (χ1v) is 9.12. The van der Waals surface area contributed by atoms with E-state index < -0.39 is 11.6 Å². The van der Waals surface area contributed by atoms with Gasteiger partial charge in [-0.05, 0) is 17.7 Å². The van der Waals surface area contributed by atoms with Crippen molar-refractivity contribution in [1.82, 2.24) is 4.90 Å². The van der Waals surface area contributed by atoms with Crippen molar-refractivity contribution in [2.75, 3.05) is 13.1 Å². The molecule has 1 spiro atoms. The molecular formula is C21H22N2O4. The second-order valence-electron chi connectivity index (χ2n) is 7.03. The van der Waals surface area contributed by atoms with E-state index >= 15 is 0 Å². The second-order valence-corrected chi connectivity index (χ2v) is 7.03. The van der Waals surface area contributed by atoms with Crippen molar-refractivity contribution in [3.8, 4) is 5.75 Å². The molecule has 2 aliphatic rings. The third-order valence-corrected chi connectivity index (χ3v) is 5.39. The second kappa shape index (κ2) is 7.04. The van der Waals surface area contributed by atoms with Gasteiger partial charge in [0, 0.05) is 25.9 Å². The minimum atomic E-state index is -0.762. The summed E-state index contributed by atoms with van der Waals surface area (Å²) in [5, 5.41) is 0. The van der Waals surface area contributed by atoms with Crippen molar-refractivity contribution in [3.63, 3.8) is 0 Å². The van der Waals surface area contributed by atoms with Gasteiger partial charge in [-0.15, -0.1) is 0 Å². The van der Waals surface area contributed by atoms with E-state index in [0.717, 1.165) is 5.56 Å². The van der Waals surface area contributed by atoms with Crippen LogP contribution in [-0.2, 0) is 11.3 Å². The van der Waals surface area contributed by atoms with E-state index in [0.29, 0.717) is 37.2 Å². The zero-order valence-corrected chi connectivity index (χ0v) is 15.0. The van der Waals surface area contributed by atoms with Crippen LogP contribution >= 0.6 is 0 Å². The predicted octanol–water partition coefficient (Wildman–Crippen LogP) is 2.76. The van der Waals surface area contributed by atoms with E-state index in [4.69, 9.17) is 15.2 Å². The normalized spacial score (nSPS) is 20.7. The molecule has 1 amide bonds. The Morgan fingerprint density at radius 1 is 1.11 bits per heavy atom. The third-order valence-electron chi connectivity index (χ3n) is 5.39. The number of carbonyl (C=O) groups excluding carboxylic acids is 2. The van der Waals surface area contributed by atoms with Crippen molar-refractivity contribution in [1.29, 1.82) is 0 Å². The Kier molecular flexibility index (Phi) is 4.58. The van der Waals surface area contributed by atoms with Gasteiger partial charge in [-0.1, -0.05) is 42.5 Å². The number of hydrogen-bond acceptors (Lipinski definition) is 5. The number of para-hydroxylation sites is 1. The summed E-state index contributed by atoms with van der Waals surface area (Å²) in [6, 6.07) is 16.0. The Bertz CT molecular complexity index is 844. The first-order chi connectivity index (χ1) is 13.1. The summed E-state index contributed by atoms with van der Waals surface area (Å²) in [7, 11) is 0. The molecule has 6 nitrogen and oxygen atoms in total. The molecule has 0 aliphatic carbocycles. The van der Waals surface area contributed by atoms with Gasteiger partial charge < -0.3 is 20.1 Å². The number of rotatable bonds is 2. The Morgan fingerprint density at radius 2 is 1.78 bits per heavy atom. The summed E-state index contributed by atoms with van der Waals surface area (Å²) in [4.78, 5) is 26.7. The summed E-state index contributed by atoms with van der Waals surface area (Å²) in [6.07, 6.45) is 0.633. The maximum Gasteiger partial charge on any atom is 0.410 e. The SMILES string of the molecule is NC1C(=O)c2ccccc2OC12CCN(C(=O)OCc1ccccc1)CC2. The molecule has 6 heteroatoms. The lowest BCUT2D eigenvalue weighted by molar-refractivity contribution is -0.0209. The number of amides is 1. The van der Waals surface area contributed by atoms with E-state index in [2.05, 4.69) is 0 Å². The van der Waals surface area contributed by atoms with Gasteiger partial charge >= 0.3 is 6.09 Å². The van der Waals surface area contributed by atoms with Gasteiger partial charge in [-0.2, -0.15) is 0 Å². The number of Topliss-reactive ketones (excluding diaryl/α,β-unsaturated/α-hetero) is 1. The Labute approximate surface area is 157 Å². The highest BCUT2D eigenvalue weighted by Crippen LogP contribution is 2.38. The van der Waals surface area contributed by atoms with Crippen molar-refractivity contribution in [2.45, 2.75) is 31.1 Å². The van der Waals surface area contributed by atoms with Crippen LogP contribution in [0.15, 0.2) is 54.6 Å². The van der Waals surface area contributed by atoms with E-state index in [1.54, 1.807) is 23.1 Å². The lowest BCUT2D eigenvalue weighted by Crippen LogP contribution is -2.63. The molecule has 2 N–H and O–H groups in total. The van der Waals surface area contributed by atoms with Gasteiger partial charge in [0.25, 0.3) is 0 Å². The topological polar surface area (TPSA) is 81.9 Å².